The molecule has 0 spiro atoms. The van der Waals surface area contributed by atoms with Crippen LogP contribution in [0, 0.1) is 0 Å². The topological polar surface area (TPSA) is 12.0 Å². The maximum atomic E-state index is 3.60. The molecule has 0 aromatic heterocycles. The van der Waals surface area contributed by atoms with Crippen molar-refractivity contribution in [3.63, 3.8) is 0 Å². The van der Waals surface area contributed by atoms with Crippen LogP contribution >= 0.6 is 0 Å². The number of fused-ring (bicyclic) bond motifs is 1. The monoisotopic (exact) mass is 237 g/mol. The fraction of sp³-hybridized carbons (Fsp3) is 0.294. The maximum Gasteiger partial charge on any atom is 0.0367 e. The summed E-state index contributed by atoms with van der Waals surface area (Å²) < 4.78 is 0. The van der Waals surface area contributed by atoms with Crippen LogP contribution in [-0.4, -0.2) is 0 Å². The molecule has 0 saturated heterocycles. The van der Waals surface area contributed by atoms with E-state index < -0.39 is 0 Å². The van der Waals surface area contributed by atoms with E-state index in [1.54, 1.807) is 0 Å². The first-order valence-electron chi connectivity index (χ1n) is 6.76. The van der Waals surface area contributed by atoms with E-state index >= 15 is 0 Å². The highest BCUT2D eigenvalue weighted by Gasteiger charge is 2.20. The molecule has 2 aromatic rings. The van der Waals surface area contributed by atoms with Gasteiger partial charge in [0.05, 0.1) is 0 Å². The molecular formula is C17H19N. The summed E-state index contributed by atoms with van der Waals surface area (Å²) in [6.07, 6.45) is 2.20. The van der Waals surface area contributed by atoms with Gasteiger partial charge in [0.25, 0.3) is 0 Å². The normalized spacial score (nSPS) is 17.7. The van der Waals surface area contributed by atoms with E-state index in [1.807, 2.05) is 0 Å². The maximum absolute atomic E-state index is 3.60. The molecule has 1 aliphatic rings. The average Bonchev–Trinajstić information content (AvgIpc) is 2.83. The second kappa shape index (κ2) is 4.95. The third-order valence-corrected chi connectivity index (χ3v) is 3.84. The zero-order chi connectivity index (χ0) is 12.4. The van der Waals surface area contributed by atoms with Crippen LogP contribution in [0.5, 0.6) is 0 Å². The second-order valence-electron chi connectivity index (χ2n) is 5.01. The summed E-state index contributed by atoms with van der Waals surface area (Å²) in [5.74, 6) is 0. The molecule has 18 heavy (non-hydrogen) atoms. The van der Waals surface area contributed by atoms with Crippen LogP contribution in [0.2, 0.25) is 0 Å². The Hall–Kier alpha value is -1.60. The first-order chi connectivity index (χ1) is 8.86. The van der Waals surface area contributed by atoms with Crippen LogP contribution in [0.3, 0.4) is 0 Å². The van der Waals surface area contributed by atoms with E-state index in [9.17, 15) is 0 Å². The van der Waals surface area contributed by atoms with Crippen LogP contribution in [0.4, 0.5) is 0 Å². The van der Waals surface area contributed by atoms with Gasteiger partial charge < -0.3 is 5.32 Å². The number of benzene rings is 2. The van der Waals surface area contributed by atoms with E-state index in [-0.39, 0.29) is 0 Å². The van der Waals surface area contributed by atoms with Crippen molar-refractivity contribution in [3.8, 4) is 0 Å². The highest BCUT2D eigenvalue weighted by Crippen LogP contribution is 2.27. The van der Waals surface area contributed by atoms with Crippen LogP contribution in [0.25, 0.3) is 0 Å². The molecule has 1 nitrogen and oxygen atoms in total. The standard InChI is InChI=1S/C17H19N/c1-2-13-7-9-14(10-8-13)11-17-16-6-4-3-5-15(16)12-18-17/h3-10,17-18H,2,11-12H2,1H3. The minimum atomic E-state index is 0.480. The summed E-state index contributed by atoms with van der Waals surface area (Å²) in [6, 6.07) is 18.2. The van der Waals surface area contributed by atoms with E-state index in [4.69, 9.17) is 0 Å². The Balaban J connectivity index is 1.77. The molecule has 1 heteroatoms. The van der Waals surface area contributed by atoms with Gasteiger partial charge in [0, 0.05) is 12.6 Å². The lowest BCUT2D eigenvalue weighted by Gasteiger charge is -2.12. The van der Waals surface area contributed by atoms with Gasteiger partial charge in [-0.1, -0.05) is 55.5 Å². The predicted molar refractivity (Wildman–Crippen MR) is 75.5 cm³/mol. The van der Waals surface area contributed by atoms with Gasteiger partial charge in [-0.25, -0.2) is 0 Å². The van der Waals surface area contributed by atoms with Gasteiger partial charge >= 0.3 is 0 Å². The van der Waals surface area contributed by atoms with Crippen molar-refractivity contribution in [2.24, 2.45) is 0 Å². The first kappa shape index (κ1) is 11.5. The van der Waals surface area contributed by atoms with Crippen LogP contribution in [0.15, 0.2) is 48.5 Å². The van der Waals surface area contributed by atoms with E-state index in [1.165, 1.54) is 22.3 Å². The Kier molecular flexibility index (Phi) is 3.16. The van der Waals surface area contributed by atoms with Gasteiger partial charge in [-0.15, -0.1) is 0 Å². The van der Waals surface area contributed by atoms with E-state index in [0.29, 0.717) is 6.04 Å². The molecule has 92 valence electrons. The molecule has 1 aliphatic heterocycles. The van der Waals surface area contributed by atoms with Crippen molar-refractivity contribution in [1.29, 1.82) is 0 Å². The molecular weight excluding hydrogens is 218 g/mol. The molecule has 1 N–H and O–H groups in total. The quantitative estimate of drug-likeness (QED) is 0.859. The Labute approximate surface area is 109 Å². The van der Waals surface area contributed by atoms with Crippen molar-refractivity contribution in [3.05, 3.63) is 70.8 Å². The lowest BCUT2D eigenvalue weighted by Crippen LogP contribution is -2.14. The number of rotatable bonds is 3. The Morgan fingerprint density at radius 3 is 2.50 bits per heavy atom. The van der Waals surface area contributed by atoms with E-state index in [0.717, 1.165) is 19.4 Å². The summed E-state index contributed by atoms with van der Waals surface area (Å²) in [4.78, 5) is 0. The molecule has 1 unspecified atom stereocenters. The first-order valence-corrected chi connectivity index (χ1v) is 6.76. The predicted octanol–water partition coefficient (Wildman–Crippen LogP) is 3.64. The zero-order valence-electron chi connectivity index (χ0n) is 10.8. The SMILES string of the molecule is CCc1ccc(CC2NCc3ccccc32)cc1. The second-order valence-corrected chi connectivity index (χ2v) is 5.01. The summed E-state index contributed by atoms with van der Waals surface area (Å²) in [7, 11) is 0. The third kappa shape index (κ3) is 2.19. The number of aryl methyl sites for hydroxylation is 1. The van der Waals surface area contributed by atoms with Gasteiger partial charge in [-0.3, -0.25) is 0 Å². The van der Waals surface area contributed by atoms with Crippen molar-refractivity contribution < 1.29 is 0 Å². The number of nitrogens with one attached hydrogen (secondary N) is 1. The summed E-state index contributed by atoms with van der Waals surface area (Å²) in [6.45, 7) is 3.21. The molecule has 0 amide bonds. The van der Waals surface area contributed by atoms with Crippen molar-refractivity contribution in [2.45, 2.75) is 32.4 Å². The molecule has 1 heterocycles. The van der Waals surface area contributed by atoms with Gasteiger partial charge in [-0.05, 0) is 35.1 Å². The van der Waals surface area contributed by atoms with Crippen LogP contribution in [0.1, 0.15) is 35.2 Å². The summed E-state index contributed by atoms with van der Waals surface area (Å²) in [5, 5.41) is 3.60. The fourth-order valence-corrected chi connectivity index (χ4v) is 2.71. The highest BCUT2D eigenvalue weighted by atomic mass is 14.9. The minimum Gasteiger partial charge on any atom is -0.306 e. The zero-order valence-corrected chi connectivity index (χ0v) is 10.8. The largest absolute Gasteiger partial charge is 0.306 e. The molecule has 0 fully saturated rings. The van der Waals surface area contributed by atoms with Gasteiger partial charge in [0.15, 0.2) is 0 Å². The van der Waals surface area contributed by atoms with E-state index in [2.05, 4.69) is 60.8 Å². The summed E-state index contributed by atoms with van der Waals surface area (Å²) >= 11 is 0. The Morgan fingerprint density at radius 1 is 1.00 bits per heavy atom. The third-order valence-electron chi connectivity index (χ3n) is 3.84. The smallest absolute Gasteiger partial charge is 0.0367 e. The number of hydrogen-bond acceptors (Lipinski definition) is 1. The van der Waals surface area contributed by atoms with Crippen molar-refractivity contribution >= 4 is 0 Å². The Bertz CT molecular complexity index is 528. The molecule has 1 atom stereocenters. The average molecular weight is 237 g/mol. The van der Waals surface area contributed by atoms with Crippen molar-refractivity contribution in [2.75, 3.05) is 0 Å². The number of hydrogen-bond donors (Lipinski definition) is 1. The van der Waals surface area contributed by atoms with Gasteiger partial charge in [-0.2, -0.15) is 0 Å². The van der Waals surface area contributed by atoms with Gasteiger partial charge in [0.2, 0.25) is 0 Å². The Morgan fingerprint density at radius 2 is 1.72 bits per heavy atom. The van der Waals surface area contributed by atoms with Crippen LogP contribution < -0.4 is 5.32 Å². The highest BCUT2D eigenvalue weighted by molar-refractivity contribution is 5.35. The fourth-order valence-electron chi connectivity index (χ4n) is 2.71. The molecule has 0 aliphatic carbocycles. The lowest BCUT2D eigenvalue weighted by atomic mass is 9.98. The lowest BCUT2D eigenvalue weighted by molar-refractivity contribution is 0.581. The van der Waals surface area contributed by atoms with Gasteiger partial charge in [0.1, 0.15) is 0 Å². The molecule has 0 saturated carbocycles. The molecule has 0 radical (unpaired) electrons. The summed E-state index contributed by atoms with van der Waals surface area (Å²) in [5.41, 5.74) is 5.75. The van der Waals surface area contributed by atoms with Crippen molar-refractivity contribution in [1.82, 2.24) is 5.32 Å². The molecule has 2 aromatic carbocycles. The molecule has 3 rings (SSSR count). The minimum absolute atomic E-state index is 0.480. The molecule has 0 bridgehead atoms. The van der Waals surface area contributed by atoms with Crippen LogP contribution in [-0.2, 0) is 19.4 Å².